The fraction of sp³-hybridized carbons (Fsp3) is 0.429. The van der Waals surface area contributed by atoms with E-state index in [9.17, 15) is 9.59 Å². The molecule has 1 aromatic rings. The number of hydrogen-bond donors (Lipinski definition) is 3. The molecule has 0 radical (unpaired) electrons. The van der Waals surface area contributed by atoms with E-state index in [1.165, 1.54) is 0 Å². The van der Waals surface area contributed by atoms with Gasteiger partial charge in [-0.2, -0.15) is 0 Å². The van der Waals surface area contributed by atoms with Gasteiger partial charge < -0.3 is 10.6 Å². The molecule has 6 heteroatoms. The van der Waals surface area contributed by atoms with E-state index in [4.69, 9.17) is 11.6 Å². The van der Waals surface area contributed by atoms with Crippen molar-refractivity contribution < 1.29 is 9.59 Å². The predicted molar refractivity (Wildman–Crippen MR) is 83.5 cm³/mol. The molecular formula is C14H19ClN2O2S. The second kappa shape index (κ2) is 6.99. The van der Waals surface area contributed by atoms with Crippen LogP contribution in [-0.4, -0.2) is 23.9 Å². The first-order valence-corrected chi connectivity index (χ1v) is 7.09. The van der Waals surface area contributed by atoms with Crippen molar-refractivity contribution in [3.63, 3.8) is 0 Å². The minimum absolute atomic E-state index is 0.105. The van der Waals surface area contributed by atoms with Gasteiger partial charge in [-0.3, -0.25) is 9.59 Å². The van der Waals surface area contributed by atoms with Crippen molar-refractivity contribution in [2.45, 2.75) is 37.6 Å². The van der Waals surface area contributed by atoms with Gasteiger partial charge in [-0.05, 0) is 39.0 Å². The highest BCUT2D eigenvalue weighted by Gasteiger charge is 2.14. The molecule has 0 atom stereocenters. The lowest BCUT2D eigenvalue weighted by Crippen LogP contribution is -2.42. The maximum absolute atomic E-state index is 11.9. The van der Waals surface area contributed by atoms with Gasteiger partial charge in [-0.25, -0.2) is 0 Å². The number of thiol groups is 1. The van der Waals surface area contributed by atoms with Gasteiger partial charge in [0, 0.05) is 23.4 Å². The zero-order valence-electron chi connectivity index (χ0n) is 11.8. The van der Waals surface area contributed by atoms with E-state index in [1.54, 1.807) is 18.2 Å². The predicted octanol–water partition coefficient (Wildman–Crippen LogP) is 2.66. The molecule has 20 heavy (non-hydrogen) atoms. The Balaban J connectivity index is 2.48. The number of rotatable bonds is 4. The number of hydrogen-bond acceptors (Lipinski definition) is 3. The summed E-state index contributed by atoms with van der Waals surface area (Å²) in [6, 6.07) is 4.92. The fourth-order valence-corrected chi connectivity index (χ4v) is 1.96. The van der Waals surface area contributed by atoms with Gasteiger partial charge in [0.05, 0.1) is 10.6 Å². The first kappa shape index (κ1) is 16.9. The van der Waals surface area contributed by atoms with E-state index >= 15 is 0 Å². The Bertz CT molecular complexity index is 512. The summed E-state index contributed by atoms with van der Waals surface area (Å²) in [7, 11) is 0. The average Bonchev–Trinajstić information content (AvgIpc) is 2.29. The molecule has 0 spiro atoms. The lowest BCUT2D eigenvalue weighted by atomic mass is 10.1. The minimum Gasteiger partial charge on any atom is -0.351 e. The van der Waals surface area contributed by atoms with Crippen molar-refractivity contribution in [2.75, 3.05) is 6.54 Å². The summed E-state index contributed by atoms with van der Waals surface area (Å²) < 4.78 is 0. The van der Waals surface area contributed by atoms with Crippen LogP contribution < -0.4 is 10.6 Å². The number of benzene rings is 1. The molecule has 0 aliphatic carbocycles. The lowest BCUT2D eigenvalue weighted by Gasteiger charge is -2.20. The van der Waals surface area contributed by atoms with Gasteiger partial charge in [0.2, 0.25) is 5.91 Å². The Kier molecular flexibility index (Phi) is 5.89. The van der Waals surface area contributed by atoms with Crippen LogP contribution in [0.3, 0.4) is 0 Å². The SMILES string of the molecule is CC(C)(C)NC(=O)CCNC(=O)c1cc(S)ccc1Cl. The molecule has 0 saturated carbocycles. The van der Waals surface area contributed by atoms with Crippen molar-refractivity contribution >= 4 is 36.0 Å². The van der Waals surface area contributed by atoms with Crippen LogP contribution in [0.15, 0.2) is 23.1 Å². The summed E-state index contributed by atoms with van der Waals surface area (Å²) >= 11 is 10.1. The Morgan fingerprint density at radius 3 is 2.55 bits per heavy atom. The maximum atomic E-state index is 11.9. The Morgan fingerprint density at radius 1 is 1.30 bits per heavy atom. The quantitative estimate of drug-likeness (QED) is 0.748. The molecule has 0 unspecified atom stereocenters. The summed E-state index contributed by atoms with van der Waals surface area (Å²) in [5, 5.41) is 5.85. The van der Waals surface area contributed by atoms with E-state index in [0.29, 0.717) is 15.5 Å². The molecule has 0 heterocycles. The van der Waals surface area contributed by atoms with Crippen molar-refractivity contribution in [3.05, 3.63) is 28.8 Å². The van der Waals surface area contributed by atoms with Gasteiger partial charge in [0.15, 0.2) is 0 Å². The second-order valence-electron chi connectivity index (χ2n) is 5.47. The maximum Gasteiger partial charge on any atom is 0.252 e. The van der Waals surface area contributed by atoms with E-state index in [1.807, 2.05) is 20.8 Å². The van der Waals surface area contributed by atoms with Crippen LogP contribution >= 0.6 is 24.2 Å². The van der Waals surface area contributed by atoms with Gasteiger partial charge >= 0.3 is 0 Å². The molecule has 0 bridgehead atoms. The monoisotopic (exact) mass is 314 g/mol. The van der Waals surface area contributed by atoms with Gasteiger partial charge in [-0.1, -0.05) is 11.6 Å². The van der Waals surface area contributed by atoms with Crippen LogP contribution in [0.2, 0.25) is 5.02 Å². The van der Waals surface area contributed by atoms with Gasteiger partial charge in [0.1, 0.15) is 0 Å². The number of halogens is 1. The van der Waals surface area contributed by atoms with Crippen LogP contribution in [0.25, 0.3) is 0 Å². The first-order valence-electron chi connectivity index (χ1n) is 6.27. The summed E-state index contributed by atoms with van der Waals surface area (Å²) in [4.78, 5) is 24.2. The third kappa shape index (κ3) is 5.84. The summed E-state index contributed by atoms with van der Waals surface area (Å²) in [5.74, 6) is -0.415. The van der Waals surface area contributed by atoms with Gasteiger partial charge in [-0.15, -0.1) is 12.6 Å². The Labute approximate surface area is 129 Å². The smallest absolute Gasteiger partial charge is 0.252 e. The Morgan fingerprint density at radius 2 is 1.95 bits per heavy atom. The van der Waals surface area contributed by atoms with Crippen molar-refractivity contribution in [2.24, 2.45) is 0 Å². The fourth-order valence-electron chi connectivity index (χ4n) is 1.55. The lowest BCUT2D eigenvalue weighted by molar-refractivity contribution is -0.122. The highest BCUT2D eigenvalue weighted by molar-refractivity contribution is 7.80. The number of nitrogens with one attached hydrogen (secondary N) is 2. The third-order valence-corrected chi connectivity index (χ3v) is 2.95. The summed E-state index contributed by atoms with van der Waals surface area (Å²) in [5.41, 5.74) is 0.0838. The number of amides is 2. The number of carbonyl (C=O) groups excluding carboxylic acids is 2. The highest BCUT2D eigenvalue weighted by atomic mass is 35.5. The van der Waals surface area contributed by atoms with Crippen molar-refractivity contribution in [1.29, 1.82) is 0 Å². The molecule has 1 aromatic carbocycles. The minimum atomic E-state index is -0.311. The normalized spacial score (nSPS) is 11.1. The molecule has 0 aliphatic heterocycles. The molecule has 1 rings (SSSR count). The molecule has 110 valence electrons. The van der Waals surface area contributed by atoms with Crippen LogP contribution in [0.4, 0.5) is 0 Å². The third-order valence-electron chi connectivity index (χ3n) is 2.35. The first-order chi connectivity index (χ1) is 9.19. The molecule has 2 amide bonds. The van der Waals surface area contributed by atoms with Crippen molar-refractivity contribution in [3.8, 4) is 0 Å². The molecule has 0 fully saturated rings. The Hall–Kier alpha value is -1.20. The molecular weight excluding hydrogens is 296 g/mol. The zero-order valence-corrected chi connectivity index (χ0v) is 13.4. The standard InChI is InChI=1S/C14H19ClN2O2S/c1-14(2,3)17-12(18)6-7-16-13(19)10-8-9(20)4-5-11(10)15/h4-5,8,20H,6-7H2,1-3H3,(H,16,19)(H,17,18). The molecule has 2 N–H and O–H groups in total. The van der Waals surface area contributed by atoms with Crippen LogP contribution in [0.1, 0.15) is 37.6 Å². The van der Waals surface area contributed by atoms with Gasteiger partial charge in [0.25, 0.3) is 5.91 Å². The van der Waals surface area contributed by atoms with Crippen LogP contribution in [-0.2, 0) is 4.79 Å². The van der Waals surface area contributed by atoms with E-state index in [2.05, 4.69) is 23.3 Å². The van der Waals surface area contributed by atoms with E-state index in [0.717, 1.165) is 0 Å². The zero-order chi connectivity index (χ0) is 15.3. The molecule has 0 saturated heterocycles. The van der Waals surface area contributed by atoms with E-state index in [-0.39, 0.29) is 30.3 Å². The highest BCUT2D eigenvalue weighted by Crippen LogP contribution is 2.19. The van der Waals surface area contributed by atoms with Crippen LogP contribution in [0.5, 0.6) is 0 Å². The van der Waals surface area contributed by atoms with E-state index < -0.39 is 0 Å². The second-order valence-corrected chi connectivity index (χ2v) is 6.39. The topological polar surface area (TPSA) is 58.2 Å². The number of carbonyl (C=O) groups is 2. The molecule has 4 nitrogen and oxygen atoms in total. The van der Waals surface area contributed by atoms with Crippen LogP contribution in [0, 0.1) is 0 Å². The molecule has 0 aliphatic rings. The summed E-state index contributed by atoms with van der Waals surface area (Å²) in [6.07, 6.45) is 0.223. The summed E-state index contributed by atoms with van der Waals surface area (Å²) in [6.45, 7) is 5.97. The molecule has 0 aromatic heterocycles. The van der Waals surface area contributed by atoms with Crippen molar-refractivity contribution in [1.82, 2.24) is 10.6 Å². The largest absolute Gasteiger partial charge is 0.351 e. The average molecular weight is 315 g/mol.